The minimum absolute atomic E-state index is 0.116. The van der Waals surface area contributed by atoms with Crippen LogP contribution in [0.1, 0.15) is 36.7 Å². The van der Waals surface area contributed by atoms with Crippen molar-refractivity contribution in [1.82, 2.24) is 19.7 Å². The van der Waals surface area contributed by atoms with Crippen LogP contribution in [0.15, 0.2) is 35.3 Å². The van der Waals surface area contributed by atoms with E-state index in [2.05, 4.69) is 10.4 Å². The Morgan fingerprint density at radius 3 is 2.68 bits per heavy atom. The molecule has 0 bridgehead atoms. The normalized spacial score (nSPS) is 11.1. The summed E-state index contributed by atoms with van der Waals surface area (Å²) in [5, 5.41) is 8.20. The van der Waals surface area contributed by atoms with Crippen LogP contribution in [0.4, 0.5) is 4.39 Å². The summed E-state index contributed by atoms with van der Waals surface area (Å²) in [7, 11) is 0. The van der Waals surface area contributed by atoms with E-state index in [4.69, 9.17) is 0 Å². The maximum absolute atomic E-state index is 14.1. The van der Waals surface area contributed by atoms with Gasteiger partial charge in [-0.05, 0) is 26.3 Å². The fourth-order valence-corrected chi connectivity index (χ4v) is 3.39. The Balaban J connectivity index is 1.95. The molecule has 28 heavy (non-hydrogen) atoms. The van der Waals surface area contributed by atoms with Crippen molar-refractivity contribution in [3.63, 3.8) is 0 Å². The second-order valence-corrected chi connectivity index (χ2v) is 6.95. The van der Waals surface area contributed by atoms with Crippen molar-refractivity contribution < 1.29 is 9.18 Å². The molecule has 0 aliphatic rings. The Labute approximate surface area is 163 Å². The molecule has 1 N–H and O–H groups in total. The fraction of sp³-hybridized carbons (Fsp3) is 0.381. The number of hydrogen-bond acceptors (Lipinski definition) is 3. The molecule has 2 aromatic heterocycles. The summed E-state index contributed by atoms with van der Waals surface area (Å²) in [5.41, 5.74) is 1.83. The summed E-state index contributed by atoms with van der Waals surface area (Å²) in [6.07, 6.45) is 3.49. The average Bonchev–Trinajstić information content (AvgIpc) is 2.91. The van der Waals surface area contributed by atoms with Crippen molar-refractivity contribution in [2.75, 3.05) is 6.54 Å². The van der Waals surface area contributed by atoms with Crippen molar-refractivity contribution in [2.45, 2.75) is 46.7 Å². The molecule has 1 aromatic carbocycles. The molecule has 0 radical (unpaired) electrons. The standard InChI is InChI=1S/C21H25FN4O2/c1-4-5-10-23-19(27)13-26-21(28)20-15(3)25(14(2)17(20)11-24-26)12-16-8-6-7-9-18(16)22/h6-9,11H,4-5,10,12-13H2,1-3H3,(H,23,27). The van der Waals surface area contributed by atoms with Crippen LogP contribution >= 0.6 is 0 Å². The van der Waals surface area contributed by atoms with Crippen LogP contribution in [0.5, 0.6) is 0 Å². The van der Waals surface area contributed by atoms with Crippen molar-refractivity contribution in [1.29, 1.82) is 0 Å². The number of unbranched alkanes of at least 4 members (excludes halogenated alkanes) is 1. The van der Waals surface area contributed by atoms with Gasteiger partial charge in [0.15, 0.2) is 0 Å². The third-order valence-corrected chi connectivity index (χ3v) is 5.04. The number of hydrogen-bond donors (Lipinski definition) is 1. The molecule has 3 aromatic rings. The lowest BCUT2D eigenvalue weighted by Gasteiger charge is -2.10. The van der Waals surface area contributed by atoms with E-state index in [1.54, 1.807) is 24.4 Å². The Morgan fingerprint density at radius 2 is 1.96 bits per heavy atom. The smallest absolute Gasteiger partial charge is 0.276 e. The molecule has 2 heterocycles. The second-order valence-electron chi connectivity index (χ2n) is 6.95. The van der Waals surface area contributed by atoms with Crippen LogP contribution in [-0.2, 0) is 17.9 Å². The summed E-state index contributed by atoms with van der Waals surface area (Å²) in [5.74, 6) is -0.513. The molecule has 0 spiro atoms. The quantitative estimate of drug-likeness (QED) is 0.637. The van der Waals surface area contributed by atoms with Gasteiger partial charge in [0.2, 0.25) is 5.91 Å². The average molecular weight is 384 g/mol. The van der Waals surface area contributed by atoms with Gasteiger partial charge in [-0.15, -0.1) is 0 Å². The Kier molecular flexibility index (Phi) is 5.92. The van der Waals surface area contributed by atoms with Crippen LogP contribution < -0.4 is 10.9 Å². The van der Waals surface area contributed by atoms with Crippen LogP contribution in [0.3, 0.4) is 0 Å². The third-order valence-electron chi connectivity index (χ3n) is 5.04. The van der Waals surface area contributed by atoms with Gasteiger partial charge in [0, 0.05) is 28.9 Å². The van der Waals surface area contributed by atoms with E-state index in [1.807, 2.05) is 25.3 Å². The van der Waals surface area contributed by atoms with E-state index in [1.165, 1.54) is 10.7 Å². The van der Waals surface area contributed by atoms with Crippen LogP contribution in [0.25, 0.3) is 10.8 Å². The van der Waals surface area contributed by atoms with E-state index in [9.17, 15) is 14.0 Å². The Bertz CT molecular complexity index is 1070. The summed E-state index contributed by atoms with van der Waals surface area (Å²) in [6, 6.07) is 6.60. The van der Waals surface area contributed by atoms with E-state index >= 15 is 0 Å². The Morgan fingerprint density at radius 1 is 1.21 bits per heavy atom. The molecular weight excluding hydrogens is 359 g/mol. The van der Waals surface area contributed by atoms with Crippen molar-refractivity contribution >= 4 is 16.7 Å². The lowest BCUT2D eigenvalue weighted by Crippen LogP contribution is -2.34. The first kappa shape index (κ1) is 19.8. The number of nitrogens with one attached hydrogen (secondary N) is 1. The van der Waals surface area contributed by atoms with Gasteiger partial charge in [-0.25, -0.2) is 9.07 Å². The highest BCUT2D eigenvalue weighted by Crippen LogP contribution is 2.23. The lowest BCUT2D eigenvalue weighted by molar-refractivity contribution is -0.121. The van der Waals surface area contributed by atoms with Gasteiger partial charge in [0.1, 0.15) is 12.4 Å². The summed E-state index contributed by atoms with van der Waals surface area (Å²) >= 11 is 0. The minimum Gasteiger partial charge on any atom is -0.354 e. The van der Waals surface area contributed by atoms with E-state index in [-0.39, 0.29) is 23.8 Å². The number of aromatic nitrogens is 3. The first-order chi connectivity index (χ1) is 13.4. The van der Waals surface area contributed by atoms with Gasteiger partial charge in [0.25, 0.3) is 5.56 Å². The first-order valence-corrected chi connectivity index (χ1v) is 9.49. The highest BCUT2D eigenvalue weighted by atomic mass is 19.1. The molecule has 0 atom stereocenters. The van der Waals surface area contributed by atoms with E-state index in [0.717, 1.165) is 29.6 Å². The second kappa shape index (κ2) is 8.37. The van der Waals surface area contributed by atoms with Crippen LogP contribution in [-0.4, -0.2) is 26.8 Å². The number of amides is 1. The molecule has 148 valence electrons. The van der Waals surface area contributed by atoms with E-state index in [0.29, 0.717) is 24.0 Å². The van der Waals surface area contributed by atoms with Gasteiger partial charge in [0.05, 0.1) is 18.1 Å². The topological polar surface area (TPSA) is 68.9 Å². The van der Waals surface area contributed by atoms with Gasteiger partial charge < -0.3 is 9.88 Å². The number of halogens is 1. The summed E-state index contributed by atoms with van der Waals surface area (Å²) in [6.45, 7) is 6.57. The molecule has 0 aliphatic carbocycles. The van der Waals surface area contributed by atoms with Crippen molar-refractivity contribution in [2.24, 2.45) is 0 Å². The van der Waals surface area contributed by atoms with Crippen LogP contribution in [0, 0.1) is 19.7 Å². The zero-order chi connectivity index (χ0) is 20.3. The highest BCUT2D eigenvalue weighted by molar-refractivity contribution is 5.87. The maximum atomic E-state index is 14.1. The molecule has 7 heteroatoms. The number of aryl methyl sites for hydroxylation is 2. The van der Waals surface area contributed by atoms with Gasteiger partial charge in [-0.1, -0.05) is 31.5 Å². The third kappa shape index (κ3) is 3.83. The molecule has 3 rings (SSSR count). The maximum Gasteiger partial charge on any atom is 0.276 e. The van der Waals surface area contributed by atoms with Crippen molar-refractivity contribution in [3.05, 3.63) is 63.6 Å². The predicted molar refractivity (Wildman–Crippen MR) is 107 cm³/mol. The van der Waals surface area contributed by atoms with E-state index < -0.39 is 0 Å². The molecule has 1 amide bonds. The monoisotopic (exact) mass is 384 g/mol. The molecule has 0 aliphatic heterocycles. The number of benzene rings is 1. The zero-order valence-electron chi connectivity index (χ0n) is 16.5. The van der Waals surface area contributed by atoms with Crippen LogP contribution in [0.2, 0.25) is 0 Å². The Hall–Kier alpha value is -2.96. The minimum atomic E-state index is -0.309. The molecule has 0 saturated carbocycles. The molecular formula is C21H25FN4O2. The number of nitrogens with zero attached hydrogens (tertiary/aromatic N) is 3. The first-order valence-electron chi connectivity index (χ1n) is 9.49. The number of rotatable bonds is 7. The van der Waals surface area contributed by atoms with Crippen molar-refractivity contribution in [3.8, 4) is 0 Å². The molecule has 6 nitrogen and oxygen atoms in total. The van der Waals surface area contributed by atoms with Gasteiger partial charge in [-0.2, -0.15) is 5.10 Å². The number of carbonyl (C=O) groups excluding carboxylic acids is 1. The SMILES string of the molecule is CCCCNC(=O)Cn1ncc2c(C)n(Cc3ccccc3F)c(C)c2c1=O. The fourth-order valence-electron chi connectivity index (χ4n) is 3.39. The molecule has 0 unspecified atom stereocenters. The number of fused-ring (bicyclic) bond motifs is 1. The van der Waals surface area contributed by atoms with Gasteiger partial charge in [-0.3, -0.25) is 9.59 Å². The number of carbonyl (C=O) groups is 1. The highest BCUT2D eigenvalue weighted by Gasteiger charge is 2.18. The predicted octanol–water partition coefficient (Wildman–Crippen LogP) is 2.92. The largest absolute Gasteiger partial charge is 0.354 e. The molecule has 0 saturated heterocycles. The summed E-state index contributed by atoms with van der Waals surface area (Å²) in [4.78, 5) is 25.0. The summed E-state index contributed by atoms with van der Waals surface area (Å²) < 4.78 is 17.2. The lowest BCUT2D eigenvalue weighted by atomic mass is 10.2. The zero-order valence-corrected chi connectivity index (χ0v) is 16.5. The molecule has 0 fully saturated rings. The van der Waals surface area contributed by atoms with Gasteiger partial charge >= 0.3 is 0 Å².